The molecule has 30 heavy (non-hydrogen) atoms. The molecule has 0 aliphatic rings. The molecule has 0 N–H and O–H groups in total. The van der Waals surface area contributed by atoms with Gasteiger partial charge in [0, 0.05) is 12.6 Å². The van der Waals surface area contributed by atoms with Gasteiger partial charge in [0.1, 0.15) is 0 Å². The van der Waals surface area contributed by atoms with E-state index in [-0.39, 0.29) is 17.3 Å². The molecule has 1 heterocycles. The highest BCUT2D eigenvalue weighted by atomic mass is 32.2. The highest BCUT2D eigenvalue weighted by Crippen LogP contribution is 2.31. The minimum atomic E-state index is -3.69. The summed E-state index contributed by atoms with van der Waals surface area (Å²) in [4.78, 5) is 4.53. The largest absolute Gasteiger partial charge is 0.493 e. The van der Waals surface area contributed by atoms with Gasteiger partial charge in [0.2, 0.25) is 21.7 Å². The molecule has 0 atom stereocenters. The fourth-order valence-corrected chi connectivity index (χ4v) is 4.01. The van der Waals surface area contributed by atoms with Crippen LogP contribution in [0.1, 0.15) is 31.2 Å². The minimum Gasteiger partial charge on any atom is -0.493 e. The molecule has 8 nitrogen and oxygen atoms in total. The van der Waals surface area contributed by atoms with Crippen LogP contribution < -0.4 is 9.47 Å². The van der Waals surface area contributed by atoms with Crippen LogP contribution in [-0.4, -0.2) is 44.1 Å². The fraction of sp³-hybridized carbons (Fsp3) is 0.333. The summed E-state index contributed by atoms with van der Waals surface area (Å²) in [7, 11) is 0.883. The van der Waals surface area contributed by atoms with Crippen molar-refractivity contribution in [2.75, 3.05) is 21.3 Å². The molecular formula is C21H25N3O5S. The maximum Gasteiger partial charge on any atom is 0.243 e. The molecule has 0 amide bonds. The summed E-state index contributed by atoms with van der Waals surface area (Å²) < 4.78 is 42.7. The molecule has 0 radical (unpaired) electrons. The number of hydrogen-bond acceptors (Lipinski definition) is 7. The lowest BCUT2D eigenvalue weighted by atomic mass is 10.0. The van der Waals surface area contributed by atoms with Crippen molar-refractivity contribution in [1.29, 1.82) is 0 Å². The van der Waals surface area contributed by atoms with Gasteiger partial charge in [-0.2, -0.15) is 9.29 Å². The smallest absolute Gasteiger partial charge is 0.243 e. The first kappa shape index (κ1) is 21.8. The average Bonchev–Trinajstić information content (AvgIpc) is 3.21. The van der Waals surface area contributed by atoms with Crippen LogP contribution in [0.25, 0.3) is 11.4 Å². The summed E-state index contributed by atoms with van der Waals surface area (Å²) in [6, 6.07) is 12.1. The molecule has 0 aliphatic carbocycles. The van der Waals surface area contributed by atoms with Gasteiger partial charge >= 0.3 is 0 Å². The SMILES string of the molecule is COc1ccc(-c2noc(CN(C)S(=O)(=O)c3ccc(C(C)C)cc3)n2)cc1OC. The molecule has 0 fully saturated rings. The second kappa shape index (κ2) is 8.85. The number of methoxy groups -OCH3 is 2. The number of hydrogen-bond donors (Lipinski definition) is 0. The number of ether oxygens (including phenoxy) is 2. The summed E-state index contributed by atoms with van der Waals surface area (Å²) in [5, 5.41) is 3.95. The van der Waals surface area contributed by atoms with Gasteiger partial charge in [0.15, 0.2) is 11.5 Å². The third-order valence-corrected chi connectivity index (χ3v) is 6.54. The summed E-state index contributed by atoms with van der Waals surface area (Å²) in [5.41, 5.74) is 1.74. The number of sulfonamides is 1. The number of aromatic nitrogens is 2. The summed E-state index contributed by atoms with van der Waals surface area (Å²) in [6.07, 6.45) is 0. The third kappa shape index (κ3) is 4.47. The van der Waals surface area contributed by atoms with Crippen molar-refractivity contribution in [3.05, 3.63) is 53.9 Å². The van der Waals surface area contributed by atoms with E-state index in [0.29, 0.717) is 28.8 Å². The molecule has 1 aromatic heterocycles. The Kier molecular flexibility index (Phi) is 6.42. The Morgan fingerprint density at radius 3 is 2.30 bits per heavy atom. The Morgan fingerprint density at radius 1 is 1.03 bits per heavy atom. The van der Waals surface area contributed by atoms with Gasteiger partial charge in [-0.1, -0.05) is 31.1 Å². The monoisotopic (exact) mass is 431 g/mol. The van der Waals surface area contributed by atoms with Gasteiger partial charge in [-0.25, -0.2) is 8.42 Å². The Labute approximate surface area is 176 Å². The van der Waals surface area contributed by atoms with Crippen molar-refractivity contribution in [3.8, 4) is 22.9 Å². The molecule has 3 aromatic rings. The van der Waals surface area contributed by atoms with Crippen LogP contribution in [0.5, 0.6) is 11.5 Å². The van der Waals surface area contributed by atoms with Gasteiger partial charge in [-0.15, -0.1) is 0 Å². The van der Waals surface area contributed by atoms with Crippen molar-refractivity contribution in [2.24, 2.45) is 0 Å². The second-order valence-electron chi connectivity index (χ2n) is 7.07. The van der Waals surface area contributed by atoms with Gasteiger partial charge in [0.05, 0.1) is 25.7 Å². The molecule has 0 unspecified atom stereocenters. The van der Waals surface area contributed by atoms with E-state index in [1.54, 1.807) is 37.4 Å². The minimum absolute atomic E-state index is 0.0471. The quantitative estimate of drug-likeness (QED) is 0.537. The lowest BCUT2D eigenvalue weighted by Gasteiger charge is -2.15. The Hall–Kier alpha value is -2.91. The van der Waals surface area contributed by atoms with E-state index in [1.807, 2.05) is 12.1 Å². The van der Waals surface area contributed by atoms with E-state index in [0.717, 1.165) is 5.56 Å². The maximum absolute atomic E-state index is 12.9. The van der Waals surface area contributed by atoms with E-state index in [2.05, 4.69) is 24.0 Å². The molecule has 3 rings (SSSR count). The Morgan fingerprint density at radius 2 is 1.70 bits per heavy atom. The predicted molar refractivity (Wildman–Crippen MR) is 112 cm³/mol. The van der Waals surface area contributed by atoms with Crippen LogP contribution in [0.4, 0.5) is 0 Å². The number of rotatable bonds is 8. The summed E-state index contributed by atoms with van der Waals surface area (Å²) in [6.45, 7) is 4.07. The fourth-order valence-electron chi connectivity index (χ4n) is 2.89. The molecular weight excluding hydrogens is 406 g/mol. The molecule has 0 bridgehead atoms. The van der Waals surface area contributed by atoms with Crippen LogP contribution >= 0.6 is 0 Å². The molecule has 2 aromatic carbocycles. The van der Waals surface area contributed by atoms with Crippen molar-refractivity contribution >= 4 is 10.0 Å². The number of nitrogens with zero attached hydrogens (tertiary/aromatic N) is 3. The van der Waals surface area contributed by atoms with Crippen LogP contribution in [0.3, 0.4) is 0 Å². The maximum atomic E-state index is 12.9. The normalized spacial score (nSPS) is 11.8. The van der Waals surface area contributed by atoms with Crippen LogP contribution in [0.15, 0.2) is 51.9 Å². The van der Waals surface area contributed by atoms with Crippen molar-refractivity contribution in [2.45, 2.75) is 31.2 Å². The first-order valence-electron chi connectivity index (χ1n) is 9.37. The van der Waals surface area contributed by atoms with Crippen molar-refractivity contribution < 1.29 is 22.4 Å². The van der Waals surface area contributed by atoms with Gasteiger partial charge in [0.25, 0.3) is 0 Å². The lowest BCUT2D eigenvalue weighted by molar-refractivity contribution is 0.336. The predicted octanol–water partition coefficient (Wildman–Crippen LogP) is 3.70. The van der Waals surface area contributed by atoms with E-state index in [9.17, 15) is 8.42 Å². The zero-order valence-corrected chi connectivity index (χ0v) is 18.4. The first-order chi connectivity index (χ1) is 14.3. The summed E-state index contributed by atoms with van der Waals surface area (Å²) in [5.74, 6) is 1.96. The van der Waals surface area contributed by atoms with Crippen molar-refractivity contribution in [1.82, 2.24) is 14.4 Å². The van der Waals surface area contributed by atoms with Crippen LogP contribution in [-0.2, 0) is 16.6 Å². The molecule has 0 spiro atoms. The molecule has 0 saturated carbocycles. The van der Waals surface area contributed by atoms with E-state index < -0.39 is 10.0 Å². The van der Waals surface area contributed by atoms with Gasteiger partial charge < -0.3 is 14.0 Å². The van der Waals surface area contributed by atoms with E-state index in [4.69, 9.17) is 14.0 Å². The molecule has 9 heteroatoms. The third-order valence-electron chi connectivity index (χ3n) is 4.72. The van der Waals surface area contributed by atoms with E-state index in [1.165, 1.54) is 18.5 Å². The average molecular weight is 432 g/mol. The lowest BCUT2D eigenvalue weighted by Crippen LogP contribution is -2.26. The number of benzene rings is 2. The van der Waals surface area contributed by atoms with Gasteiger partial charge in [-0.05, 0) is 41.8 Å². The van der Waals surface area contributed by atoms with Gasteiger partial charge in [-0.3, -0.25) is 0 Å². The first-order valence-corrected chi connectivity index (χ1v) is 10.8. The van der Waals surface area contributed by atoms with E-state index >= 15 is 0 Å². The van der Waals surface area contributed by atoms with Crippen LogP contribution in [0, 0.1) is 0 Å². The highest BCUT2D eigenvalue weighted by Gasteiger charge is 2.23. The zero-order valence-electron chi connectivity index (χ0n) is 17.6. The highest BCUT2D eigenvalue weighted by molar-refractivity contribution is 7.89. The standard InChI is InChI=1S/C21H25N3O5S/c1-14(2)15-6-9-17(10-7-15)30(25,26)24(3)13-20-22-21(23-29-20)16-8-11-18(27-4)19(12-16)28-5/h6-12,14H,13H2,1-5H3. The second-order valence-corrected chi connectivity index (χ2v) is 9.11. The molecule has 0 aliphatic heterocycles. The molecule has 0 saturated heterocycles. The molecule has 160 valence electrons. The zero-order chi connectivity index (χ0) is 21.9. The Bertz CT molecular complexity index is 1110. The Balaban J connectivity index is 1.78. The van der Waals surface area contributed by atoms with Crippen LogP contribution in [0.2, 0.25) is 0 Å². The van der Waals surface area contributed by atoms with Crippen molar-refractivity contribution in [3.63, 3.8) is 0 Å². The summed E-state index contributed by atoms with van der Waals surface area (Å²) >= 11 is 0. The topological polar surface area (TPSA) is 94.8 Å².